The van der Waals surface area contributed by atoms with Gasteiger partial charge in [-0.05, 0) is 49.4 Å². The van der Waals surface area contributed by atoms with Gasteiger partial charge in [-0.2, -0.15) is 13.2 Å². The van der Waals surface area contributed by atoms with E-state index in [0.29, 0.717) is 10.7 Å². The number of carbonyl (C=O) groups excluding carboxylic acids is 1. The van der Waals surface area contributed by atoms with Gasteiger partial charge in [0.1, 0.15) is 27.2 Å². The molecule has 0 aliphatic rings. The van der Waals surface area contributed by atoms with Gasteiger partial charge in [0.2, 0.25) is 5.91 Å². The number of thiazole rings is 1. The first-order valence-electron chi connectivity index (χ1n) is 10.8. The van der Waals surface area contributed by atoms with E-state index in [2.05, 4.69) is 20.5 Å². The van der Waals surface area contributed by atoms with Crippen LogP contribution in [0.15, 0.2) is 59.6 Å². The van der Waals surface area contributed by atoms with Crippen molar-refractivity contribution in [1.82, 2.24) is 15.2 Å². The Bertz CT molecular complexity index is 1410. The largest absolute Gasteiger partial charge is 0.496 e. The highest BCUT2D eigenvalue weighted by molar-refractivity contribution is 7.99. The molecule has 0 saturated carbocycles. The average molecular weight is 547 g/mol. The molecular formula is C25H21F3N4O3S2. The molecule has 0 radical (unpaired) electrons. The highest BCUT2D eigenvalue weighted by Crippen LogP contribution is 2.38. The molecule has 0 aliphatic carbocycles. The van der Waals surface area contributed by atoms with Crippen molar-refractivity contribution in [1.29, 1.82) is 0 Å². The fourth-order valence-electron chi connectivity index (χ4n) is 3.40. The van der Waals surface area contributed by atoms with Gasteiger partial charge >= 0.3 is 6.18 Å². The summed E-state index contributed by atoms with van der Waals surface area (Å²) in [7, 11) is 2.92. The second kappa shape index (κ2) is 11.2. The summed E-state index contributed by atoms with van der Waals surface area (Å²) in [6.07, 6.45) is -4.54. The molecule has 192 valence electrons. The molecule has 2 aromatic heterocycles. The van der Waals surface area contributed by atoms with Crippen molar-refractivity contribution in [3.63, 3.8) is 0 Å². The lowest BCUT2D eigenvalue weighted by atomic mass is 10.2. The van der Waals surface area contributed by atoms with E-state index < -0.39 is 17.6 Å². The molecule has 1 amide bonds. The first-order chi connectivity index (χ1) is 17.7. The van der Waals surface area contributed by atoms with Gasteiger partial charge in [-0.3, -0.25) is 4.79 Å². The third kappa shape index (κ3) is 6.20. The summed E-state index contributed by atoms with van der Waals surface area (Å²) in [5.74, 6) is 0.267. The Balaban J connectivity index is 1.43. The maximum Gasteiger partial charge on any atom is 0.416 e. The number of nitrogens with one attached hydrogen (secondary N) is 1. The predicted octanol–water partition coefficient (Wildman–Crippen LogP) is 6.34. The van der Waals surface area contributed by atoms with Crippen molar-refractivity contribution in [2.24, 2.45) is 0 Å². The predicted molar refractivity (Wildman–Crippen MR) is 137 cm³/mol. The van der Waals surface area contributed by atoms with Crippen LogP contribution < -0.4 is 14.8 Å². The number of alkyl halides is 3. The van der Waals surface area contributed by atoms with Gasteiger partial charge in [0.05, 0.1) is 47.4 Å². The van der Waals surface area contributed by atoms with Crippen molar-refractivity contribution in [2.45, 2.75) is 18.1 Å². The minimum atomic E-state index is -4.54. The number of amides is 1. The Kier molecular flexibility index (Phi) is 7.98. The van der Waals surface area contributed by atoms with Crippen LogP contribution in [0.1, 0.15) is 11.3 Å². The Morgan fingerprint density at radius 2 is 1.78 bits per heavy atom. The van der Waals surface area contributed by atoms with Crippen LogP contribution >= 0.6 is 23.1 Å². The zero-order valence-corrected chi connectivity index (χ0v) is 21.6. The van der Waals surface area contributed by atoms with Crippen LogP contribution in [0.3, 0.4) is 0 Å². The van der Waals surface area contributed by atoms with Crippen molar-refractivity contribution < 1.29 is 27.4 Å². The average Bonchev–Trinajstić information content (AvgIpc) is 3.28. The van der Waals surface area contributed by atoms with Crippen molar-refractivity contribution in [3.05, 3.63) is 65.9 Å². The maximum atomic E-state index is 13.0. The number of rotatable bonds is 8. The van der Waals surface area contributed by atoms with Gasteiger partial charge in [0, 0.05) is 0 Å². The summed E-state index contributed by atoms with van der Waals surface area (Å²) in [6, 6.07) is 14.0. The lowest BCUT2D eigenvalue weighted by Crippen LogP contribution is -2.16. The number of halogens is 3. The molecule has 12 heteroatoms. The topological polar surface area (TPSA) is 86.2 Å². The van der Waals surface area contributed by atoms with E-state index in [1.54, 1.807) is 19.2 Å². The van der Waals surface area contributed by atoms with Gasteiger partial charge in [-0.15, -0.1) is 21.5 Å². The maximum absolute atomic E-state index is 13.0. The Hall–Kier alpha value is -3.64. The molecule has 2 heterocycles. The van der Waals surface area contributed by atoms with Crippen LogP contribution in [-0.4, -0.2) is 41.1 Å². The normalized spacial score (nSPS) is 11.3. The Labute approximate surface area is 219 Å². The van der Waals surface area contributed by atoms with Crippen molar-refractivity contribution in [3.8, 4) is 32.6 Å². The molecule has 0 saturated heterocycles. The molecule has 0 atom stereocenters. The van der Waals surface area contributed by atoms with Crippen LogP contribution in [0.4, 0.5) is 18.9 Å². The van der Waals surface area contributed by atoms with Crippen LogP contribution in [0, 0.1) is 6.92 Å². The van der Waals surface area contributed by atoms with Crippen molar-refractivity contribution >= 4 is 34.7 Å². The van der Waals surface area contributed by atoms with Crippen LogP contribution in [0.2, 0.25) is 0 Å². The van der Waals surface area contributed by atoms with Crippen LogP contribution in [0.25, 0.3) is 21.1 Å². The first-order valence-corrected chi connectivity index (χ1v) is 12.6. The third-order valence-corrected chi connectivity index (χ3v) is 7.29. The van der Waals surface area contributed by atoms with Crippen LogP contribution in [0.5, 0.6) is 11.5 Å². The zero-order chi connectivity index (χ0) is 26.6. The molecule has 2 aromatic carbocycles. The minimum absolute atomic E-state index is 0.0594. The number of hydrogen-bond donors (Lipinski definition) is 1. The van der Waals surface area contributed by atoms with E-state index in [1.807, 2.05) is 31.2 Å². The first kappa shape index (κ1) is 26.4. The summed E-state index contributed by atoms with van der Waals surface area (Å²) >= 11 is 2.58. The minimum Gasteiger partial charge on any atom is -0.496 e. The second-order valence-corrected chi connectivity index (χ2v) is 9.64. The molecule has 0 bridgehead atoms. The highest BCUT2D eigenvalue weighted by Gasteiger charge is 2.31. The number of thioether (sulfide) groups is 1. The SMILES string of the molecule is COc1ccc(C(F)(F)F)cc1NC(=O)CSc1ccc(-c2sc(-c3ccccc3OC)nc2C)nn1. The van der Waals surface area contributed by atoms with E-state index in [9.17, 15) is 18.0 Å². The molecule has 37 heavy (non-hydrogen) atoms. The molecule has 0 unspecified atom stereocenters. The van der Waals surface area contributed by atoms with E-state index in [4.69, 9.17) is 9.47 Å². The van der Waals surface area contributed by atoms with Gasteiger partial charge in [-0.1, -0.05) is 23.9 Å². The van der Waals surface area contributed by atoms with E-state index in [-0.39, 0.29) is 17.2 Å². The van der Waals surface area contributed by atoms with Gasteiger partial charge < -0.3 is 14.8 Å². The fourth-order valence-corrected chi connectivity index (χ4v) is 5.07. The molecule has 7 nitrogen and oxygen atoms in total. The summed E-state index contributed by atoms with van der Waals surface area (Å²) < 4.78 is 49.6. The molecule has 0 spiro atoms. The Morgan fingerprint density at radius 3 is 2.46 bits per heavy atom. The number of hydrogen-bond acceptors (Lipinski definition) is 8. The number of benzene rings is 2. The molecular weight excluding hydrogens is 525 g/mol. The smallest absolute Gasteiger partial charge is 0.416 e. The number of methoxy groups -OCH3 is 2. The molecule has 0 fully saturated rings. The number of nitrogens with zero attached hydrogens (tertiary/aromatic N) is 3. The van der Waals surface area contributed by atoms with Gasteiger partial charge in [0.25, 0.3) is 0 Å². The number of para-hydroxylation sites is 1. The number of aromatic nitrogens is 3. The lowest BCUT2D eigenvalue weighted by molar-refractivity contribution is -0.137. The van der Waals surface area contributed by atoms with E-state index in [1.165, 1.54) is 18.4 Å². The number of anilines is 1. The zero-order valence-electron chi connectivity index (χ0n) is 19.9. The monoisotopic (exact) mass is 546 g/mol. The van der Waals surface area contributed by atoms with E-state index >= 15 is 0 Å². The van der Waals surface area contributed by atoms with Gasteiger partial charge in [-0.25, -0.2) is 4.98 Å². The number of ether oxygens (including phenoxy) is 2. The fraction of sp³-hybridized carbons (Fsp3) is 0.200. The Morgan fingerprint density at radius 1 is 1.03 bits per heavy atom. The molecule has 4 rings (SSSR count). The third-order valence-electron chi connectivity index (χ3n) is 5.16. The number of carbonyl (C=O) groups is 1. The summed E-state index contributed by atoms with van der Waals surface area (Å²) in [5.41, 5.74) is 1.38. The quantitative estimate of drug-likeness (QED) is 0.258. The highest BCUT2D eigenvalue weighted by atomic mass is 32.2. The van der Waals surface area contributed by atoms with E-state index in [0.717, 1.165) is 56.9 Å². The summed E-state index contributed by atoms with van der Waals surface area (Å²) in [4.78, 5) is 17.9. The molecule has 0 aliphatic heterocycles. The molecule has 4 aromatic rings. The number of aryl methyl sites for hydroxylation is 1. The summed E-state index contributed by atoms with van der Waals surface area (Å²) in [5, 5.41) is 12.2. The summed E-state index contributed by atoms with van der Waals surface area (Å²) in [6.45, 7) is 1.89. The van der Waals surface area contributed by atoms with Crippen LogP contribution in [-0.2, 0) is 11.0 Å². The van der Waals surface area contributed by atoms with Gasteiger partial charge in [0.15, 0.2) is 0 Å². The lowest BCUT2D eigenvalue weighted by Gasteiger charge is -2.13. The molecule has 1 N–H and O–H groups in total. The van der Waals surface area contributed by atoms with Crippen molar-refractivity contribution in [2.75, 3.05) is 25.3 Å². The second-order valence-electron chi connectivity index (χ2n) is 7.64. The standard InChI is InChI=1S/C25H21F3N4O3S2/c1-14-23(37-24(29-14)16-6-4-5-7-19(16)34-2)17-9-11-22(32-31-17)36-13-21(33)30-18-12-15(25(26,27)28)8-10-20(18)35-3/h4-12H,13H2,1-3H3,(H,30,33).